The van der Waals surface area contributed by atoms with Gasteiger partial charge in [-0.15, -0.1) is 0 Å². The van der Waals surface area contributed by atoms with Crippen molar-refractivity contribution in [2.24, 2.45) is 11.3 Å². The van der Waals surface area contributed by atoms with Gasteiger partial charge in [-0.2, -0.15) is 0 Å². The van der Waals surface area contributed by atoms with Crippen LogP contribution in [-0.4, -0.2) is 6.04 Å². The molecule has 2 heteroatoms. The van der Waals surface area contributed by atoms with E-state index in [0.717, 1.165) is 12.8 Å². The van der Waals surface area contributed by atoms with Gasteiger partial charge in [0.25, 0.3) is 0 Å². The summed E-state index contributed by atoms with van der Waals surface area (Å²) in [6.45, 7) is 13.3. The summed E-state index contributed by atoms with van der Waals surface area (Å²) in [6, 6.07) is 4.85. The second kappa shape index (κ2) is 5.85. The van der Waals surface area contributed by atoms with Gasteiger partial charge in [0.2, 0.25) is 0 Å². The summed E-state index contributed by atoms with van der Waals surface area (Å²) >= 11 is 0. The van der Waals surface area contributed by atoms with Gasteiger partial charge in [0, 0.05) is 6.04 Å². The van der Waals surface area contributed by atoms with E-state index < -0.39 is 0 Å². The summed E-state index contributed by atoms with van der Waals surface area (Å²) in [4.78, 5) is 0. The second-order valence-corrected chi connectivity index (χ2v) is 6.71. The average Bonchev–Trinajstić information content (AvgIpc) is 2.19. The van der Waals surface area contributed by atoms with E-state index in [1.165, 1.54) is 22.3 Å². The molecular weight excluding hydrogens is 220 g/mol. The largest absolute Gasteiger partial charge is 0.271 e. The zero-order valence-electron chi connectivity index (χ0n) is 12.7. The number of aryl methyl sites for hydroxylation is 3. The maximum Gasteiger partial charge on any atom is 0.0256 e. The number of hydrazine groups is 1. The van der Waals surface area contributed by atoms with Crippen molar-refractivity contribution >= 4 is 0 Å². The van der Waals surface area contributed by atoms with E-state index in [1.807, 2.05) is 0 Å². The number of nitrogens with two attached hydrogens (primary N) is 1. The van der Waals surface area contributed by atoms with Gasteiger partial charge in [0.05, 0.1) is 0 Å². The number of benzene rings is 1. The molecule has 0 bridgehead atoms. The van der Waals surface area contributed by atoms with E-state index in [2.05, 4.69) is 59.1 Å². The molecule has 18 heavy (non-hydrogen) atoms. The quantitative estimate of drug-likeness (QED) is 0.633. The first-order valence-electron chi connectivity index (χ1n) is 6.76. The van der Waals surface area contributed by atoms with E-state index in [1.54, 1.807) is 0 Å². The predicted molar refractivity (Wildman–Crippen MR) is 79.5 cm³/mol. The van der Waals surface area contributed by atoms with Crippen LogP contribution < -0.4 is 11.3 Å². The third-order valence-corrected chi connectivity index (χ3v) is 3.39. The van der Waals surface area contributed by atoms with Crippen molar-refractivity contribution in [3.63, 3.8) is 0 Å². The normalized spacial score (nSPS) is 13.7. The summed E-state index contributed by atoms with van der Waals surface area (Å²) < 4.78 is 0. The van der Waals surface area contributed by atoms with Crippen LogP contribution in [0, 0.1) is 26.2 Å². The van der Waals surface area contributed by atoms with Gasteiger partial charge in [-0.3, -0.25) is 11.3 Å². The molecule has 1 aromatic carbocycles. The van der Waals surface area contributed by atoms with Crippen LogP contribution >= 0.6 is 0 Å². The van der Waals surface area contributed by atoms with Gasteiger partial charge in [0.1, 0.15) is 0 Å². The van der Waals surface area contributed by atoms with Crippen LogP contribution in [0.3, 0.4) is 0 Å². The van der Waals surface area contributed by atoms with Gasteiger partial charge < -0.3 is 0 Å². The number of rotatable bonds is 4. The fourth-order valence-electron chi connectivity index (χ4n) is 2.71. The molecule has 0 saturated heterocycles. The van der Waals surface area contributed by atoms with Gasteiger partial charge in [-0.05, 0) is 55.7 Å². The molecule has 1 atom stereocenters. The predicted octanol–water partition coefficient (Wildman–Crippen LogP) is 3.42. The highest BCUT2D eigenvalue weighted by atomic mass is 15.2. The Kier molecular flexibility index (Phi) is 4.94. The molecule has 1 aromatic rings. The summed E-state index contributed by atoms with van der Waals surface area (Å²) in [6.07, 6.45) is 2.09. The third-order valence-electron chi connectivity index (χ3n) is 3.39. The standard InChI is InChI=1S/C16H28N2/c1-11-7-12(2)15(13(3)8-11)9-14(18-17)10-16(4,5)6/h7-8,14,18H,9-10,17H2,1-6H3. The lowest BCUT2D eigenvalue weighted by Crippen LogP contribution is -2.39. The lowest BCUT2D eigenvalue weighted by Gasteiger charge is -2.26. The molecule has 0 amide bonds. The minimum atomic E-state index is 0.295. The van der Waals surface area contributed by atoms with Crippen LogP contribution in [0.15, 0.2) is 12.1 Å². The topological polar surface area (TPSA) is 38.0 Å². The van der Waals surface area contributed by atoms with E-state index >= 15 is 0 Å². The Morgan fingerprint density at radius 3 is 2.00 bits per heavy atom. The molecule has 1 unspecified atom stereocenters. The van der Waals surface area contributed by atoms with Gasteiger partial charge in [0.15, 0.2) is 0 Å². The smallest absolute Gasteiger partial charge is 0.0256 e. The Labute approximate surface area is 112 Å². The first-order chi connectivity index (χ1) is 8.23. The molecule has 0 aliphatic heterocycles. The van der Waals surface area contributed by atoms with E-state index in [-0.39, 0.29) is 0 Å². The monoisotopic (exact) mass is 248 g/mol. The lowest BCUT2D eigenvalue weighted by molar-refractivity contribution is 0.308. The highest BCUT2D eigenvalue weighted by molar-refractivity contribution is 5.38. The third kappa shape index (κ3) is 4.43. The van der Waals surface area contributed by atoms with Crippen LogP contribution in [0.2, 0.25) is 0 Å². The van der Waals surface area contributed by atoms with Gasteiger partial charge in [-0.1, -0.05) is 38.5 Å². The molecule has 0 heterocycles. The molecule has 102 valence electrons. The van der Waals surface area contributed by atoms with Gasteiger partial charge in [-0.25, -0.2) is 0 Å². The zero-order valence-corrected chi connectivity index (χ0v) is 12.7. The van der Waals surface area contributed by atoms with Crippen LogP contribution in [-0.2, 0) is 6.42 Å². The fourth-order valence-corrected chi connectivity index (χ4v) is 2.71. The van der Waals surface area contributed by atoms with E-state index in [9.17, 15) is 0 Å². The molecule has 1 rings (SSSR count). The summed E-state index contributed by atoms with van der Waals surface area (Å²) in [7, 11) is 0. The SMILES string of the molecule is Cc1cc(C)c(CC(CC(C)(C)C)NN)c(C)c1. The van der Waals surface area contributed by atoms with Crippen LogP contribution in [0.1, 0.15) is 49.4 Å². The molecule has 3 N–H and O–H groups in total. The number of hydrogen-bond donors (Lipinski definition) is 2. The highest BCUT2D eigenvalue weighted by Gasteiger charge is 2.19. The minimum Gasteiger partial charge on any atom is -0.271 e. The Bertz CT molecular complexity index is 379. The number of hydrogen-bond acceptors (Lipinski definition) is 2. The molecule has 2 nitrogen and oxygen atoms in total. The van der Waals surface area contributed by atoms with Gasteiger partial charge >= 0.3 is 0 Å². The Balaban J connectivity index is 2.89. The number of nitrogens with one attached hydrogen (secondary N) is 1. The van der Waals surface area contributed by atoms with E-state index in [0.29, 0.717) is 11.5 Å². The zero-order chi connectivity index (χ0) is 13.9. The molecule has 0 saturated carbocycles. The highest BCUT2D eigenvalue weighted by Crippen LogP contribution is 2.24. The summed E-state index contributed by atoms with van der Waals surface area (Å²) in [5.41, 5.74) is 8.80. The molecule has 0 radical (unpaired) electrons. The second-order valence-electron chi connectivity index (χ2n) is 6.71. The molecule has 0 aliphatic carbocycles. The maximum absolute atomic E-state index is 5.71. The Morgan fingerprint density at radius 1 is 1.11 bits per heavy atom. The van der Waals surface area contributed by atoms with Crippen LogP contribution in [0.4, 0.5) is 0 Å². The lowest BCUT2D eigenvalue weighted by atomic mass is 9.84. The van der Waals surface area contributed by atoms with Crippen molar-refractivity contribution in [1.82, 2.24) is 5.43 Å². The summed E-state index contributed by atoms with van der Waals surface area (Å²) in [5, 5.41) is 0. The molecular formula is C16H28N2. The Morgan fingerprint density at radius 2 is 1.61 bits per heavy atom. The van der Waals surface area contributed by atoms with Crippen molar-refractivity contribution in [2.75, 3.05) is 0 Å². The summed E-state index contributed by atoms with van der Waals surface area (Å²) in [5.74, 6) is 5.71. The van der Waals surface area contributed by atoms with Crippen molar-refractivity contribution in [3.05, 3.63) is 34.4 Å². The first kappa shape index (κ1) is 15.2. The molecule has 0 aromatic heterocycles. The van der Waals surface area contributed by atoms with Crippen molar-refractivity contribution in [3.8, 4) is 0 Å². The Hall–Kier alpha value is -0.860. The van der Waals surface area contributed by atoms with Crippen molar-refractivity contribution in [1.29, 1.82) is 0 Å². The van der Waals surface area contributed by atoms with Crippen molar-refractivity contribution < 1.29 is 0 Å². The fraction of sp³-hybridized carbons (Fsp3) is 0.625. The van der Waals surface area contributed by atoms with Crippen molar-refractivity contribution in [2.45, 2.75) is 60.4 Å². The van der Waals surface area contributed by atoms with E-state index in [4.69, 9.17) is 5.84 Å². The maximum atomic E-state index is 5.71. The molecule has 0 fully saturated rings. The molecule has 0 spiro atoms. The van der Waals surface area contributed by atoms with Crippen LogP contribution in [0.25, 0.3) is 0 Å². The average molecular weight is 248 g/mol. The minimum absolute atomic E-state index is 0.295. The first-order valence-corrected chi connectivity index (χ1v) is 6.76. The van der Waals surface area contributed by atoms with Crippen LogP contribution in [0.5, 0.6) is 0 Å². The molecule has 0 aliphatic rings.